The first-order valence-corrected chi connectivity index (χ1v) is 4.98. The molecule has 0 aliphatic heterocycles. The molecule has 1 heterocycles. The van der Waals surface area contributed by atoms with E-state index < -0.39 is 0 Å². The summed E-state index contributed by atoms with van der Waals surface area (Å²) in [4.78, 5) is 10.6. The highest BCUT2D eigenvalue weighted by atomic mass is 32.2. The fraction of sp³-hybridized carbons (Fsp3) is 0.200. The van der Waals surface area contributed by atoms with Crippen molar-refractivity contribution in [3.63, 3.8) is 0 Å². The Bertz CT molecular complexity index is 393. The lowest BCUT2D eigenvalue weighted by atomic mass is 10.3. The summed E-state index contributed by atoms with van der Waals surface area (Å²) in [6.07, 6.45) is 2.79. The number of hydrogen-bond acceptors (Lipinski definition) is 3. The molecule has 1 rings (SSSR count). The van der Waals surface area contributed by atoms with E-state index in [-0.39, 0.29) is 5.12 Å². The topological polar surface area (TPSA) is 44.0 Å². The van der Waals surface area contributed by atoms with Crippen molar-refractivity contribution < 1.29 is 9.52 Å². The molecule has 0 radical (unpaired) electrons. The van der Waals surface area contributed by atoms with Gasteiger partial charge in [-0.15, -0.1) is 0 Å². The molecule has 4 heteroatoms. The van der Waals surface area contributed by atoms with Crippen molar-refractivity contribution in [3.8, 4) is 11.8 Å². The van der Waals surface area contributed by atoms with Gasteiger partial charge < -0.3 is 5.21 Å². The maximum Gasteiger partial charge on any atom is 0.195 e. The van der Waals surface area contributed by atoms with Gasteiger partial charge in [-0.05, 0) is 6.07 Å². The van der Waals surface area contributed by atoms with E-state index in [4.69, 9.17) is 0 Å². The van der Waals surface area contributed by atoms with Crippen LogP contribution >= 0.6 is 11.8 Å². The van der Waals surface area contributed by atoms with Crippen molar-refractivity contribution in [1.29, 1.82) is 0 Å². The lowest BCUT2D eigenvalue weighted by Crippen LogP contribution is -2.24. The SMILES string of the molecule is CC(=O)SCC#Cc1ccc[n+]([O-])c1. The number of aromatic nitrogens is 1. The first kappa shape index (κ1) is 10.6. The van der Waals surface area contributed by atoms with E-state index in [1.54, 1.807) is 12.1 Å². The van der Waals surface area contributed by atoms with Crippen LogP contribution in [0.2, 0.25) is 0 Å². The standard InChI is InChI=1S/C10H9NO2S/c1-9(12)14-7-3-5-10-4-2-6-11(13)8-10/h2,4,6,8H,7H2,1H3. The Morgan fingerprint density at radius 1 is 1.71 bits per heavy atom. The fourth-order valence-corrected chi connectivity index (χ4v) is 1.15. The summed E-state index contributed by atoms with van der Waals surface area (Å²) in [7, 11) is 0. The summed E-state index contributed by atoms with van der Waals surface area (Å²) in [5.74, 6) is 6.06. The molecular formula is C10H9NO2S. The monoisotopic (exact) mass is 207 g/mol. The van der Waals surface area contributed by atoms with Crippen LogP contribution < -0.4 is 4.73 Å². The van der Waals surface area contributed by atoms with E-state index in [2.05, 4.69) is 11.8 Å². The highest BCUT2D eigenvalue weighted by Crippen LogP contribution is 1.98. The minimum absolute atomic E-state index is 0.0475. The molecule has 0 bridgehead atoms. The molecule has 3 nitrogen and oxygen atoms in total. The van der Waals surface area contributed by atoms with Crippen LogP contribution in [-0.4, -0.2) is 10.9 Å². The Morgan fingerprint density at radius 3 is 3.14 bits per heavy atom. The second kappa shape index (κ2) is 5.30. The molecule has 0 saturated heterocycles. The van der Waals surface area contributed by atoms with Crippen LogP contribution in [0.25, 0.3) is 0 Å². The number of nitrogens with zero attached hydrogens (tertiary/aromatic N) is 1. The van der Waals surface area contributed by atoms with Crippen molar-refractivity contribution in [2.24, 2.45) is 0 Å². The summed E-state index contributed by atoms with van der Waals surface area (Å²) >= 11 is 1.16. The second-order valence-corrected chi connectivity index (χ2v) is 3.69. The van der Waals surface area contributed by atoms with Gasteiger partial charge in [-0.2, -0.15) is 4.73 Å². The van der Waals surface area contributed by atoms with Crippen molar-refractivity contribution in [3.05, 3.63) is 35.3 Å². The molecule has 0 spiro atoms. The van der Waals surface area contributed by atoms with E-state index in [0.29, 0.717) is 16.0 Å². The summed E-state index contributed by atoms with van der Waals surface area (Å²) in [5.41, 5.74) is 0.659. The van der Waals surface area contributed by atoms with Gasteiger partial charge in [0.05, 0.1) is 11.3 Å². The molecule has 1 aromatic heterocycles. The molecule has 0 aliphatic rings. The molecular weight excluding hydrogens is 198 g/mol. The predicted molar refractivity (Wildman–Crippen MR) is 55.4 cm³/mol. The van der Waals surface area contributed by atoms with Crippen LogP contribution in [0.1, 0.15) is 12.5 Å². The third-order valence-electron chi connectivity index (χ3n) is 1.36. The summed E-state index contributed by atoms with van der Waals surface area (Å²) < 4.78 is 0.697. The van der Waals surface area contributed by atoms with Crippen LogP contribution in [0.15, 0.2) is 24.5 Å². The van der Waals surface area contributed by atoms with E-state index in [0.717, 1.165) is 11.8 Å². The maximum absolute atomic E-state index is 10.8. The van der Waals surface area contributed by atoms with E-state index in [1.165, 1.54) is 19.3 Å². The predicted octanol–water partition coefficient (Wildman–Crippen LogP) is 0.951. The van der Waals surface area contributed by atoms with Crippen molar-refractivity contribution in [1.82, 2.24) is 0 Å². The zero-order valence-electron chi connectivity index (χ0n) is 7.69. The zero-order chi connectivity index (χ0) is 10.4. The first-order chi connectivity index (χ1) is 6.68. The number of thioether (sulfide) groups is 1. The number of pyridine rings is 1. The molecule has 72 valence electrons. The lowest BCUT2D eigenvalue weighted by molar-refractivity contribution is -0.605. The average molecular weight is 207 g/mol. The van der Waals surface area contributed by atoms with Crippen molar-refractivity contribution in [2.75, 3.05) is 5.75 Å². The van der Waals surface area contributed by atoms with Gasteiger partial charge in [-0.3, -0.25) is 4.79 Å². The number of hydrogen-bond donors (Lipinski definition) is 0. The van der Waals surface area contributed by atoms with Gasteiger partial charge in [0.25, 0.3) is 0 Å². The molecule has 0 N–H and O–H groups in total. The number of rotatable bonds is 1. The molecule has 0 aromatic carbocycles. The molecule has 14 heavy (non-hydrogen) atoms. The van der Waals surface area contributed by atoms with Gasteiger partial charge in [-0.25, -0.2) is 0 Å². The van der Waals surface area contributed by atoms with Crippen LogP contribution in [-0.2, 0) is 4.79 Å². The zero-order valence-corrected chi connectivity index (χ0v) is 8.50. The smallest absolute Gasteiger partial charge is 0.195 e. The largest absolute Gasteiger partial charge is 0.619 e. The van der Waals surface area contributed by atoms with Crippen molar-refractivity contribution in [2.45, 2.75) is 6.92 Å². The van der Waals surface area contributed by atoms with Gasteiger partial charge in [0.1, 0.15) is 0 Å². The van der Waals surface area contributed by atoms with E-state index in [9.17, 15) is 10.0 Å². The van der Waals surface area contributed by atoms with Gasteiger partial charge >= 0.3 is 0 Å². The maximum atomic E-state index is 10.8. The molecule has 1 aromatic rings. The third kappa shape index (κ3) is 3.97. The summed E-state index contributed by atoms with van der Waals surface area (Å²) in [5, 5.41) is 10.9. The third-order valence-corrected chi connectivity index (χ3v) is 2.05. The van der Waals surface area contributed by atoms with Gasteiger partial charge in [-0.1, -0.05) is 23.6 Å². The Hall–Kier alpha value is -1.47. The molecule has 0 amide bonds. The summed E-state index contributed by atoms with van der Waals surface area (Å²) in [6.45, 7) is 1.50. The Balaban J connectivity index is 2.55. The van der Waals surface area contributed by atoms with Crippen LogP contribution in [0.3, 0.4) is 0 Å². The number of carbonyl (C=O) groups is 1. The highest BCUT2D eigenvalue weighted by molar-refractivity contribution is 8.13. The van der Waals surface area contributed by atoms with Gasteiger partial charge in [0.2, 0.25) is 0 Å². The lowest BCUT2D eigenvalue weighted by Gasteiger charge is -1.93. The second-order valence-electron chi connectivity index (χ2n) is 2.53. The fourth-order valence-electron chi connectivity index (χ4n) is 0.804. The van der Waals surface area contributed by atoms with E-state index >= 15 is 0 Å². The molecule has 0 atom stereocenters. The highest BCUT2D eigenvalue weighted by Gasteiger charge is 1.92. The van der Waals surface area contributed by atoms with Crippen LogP contribution in [0.4, 0.5) is 0 Å². The Labute approximate surface area is 86.7 Å². The van der Waals surface area contributed by atoms with Crippen LogP contribution in [0, 0.1) is 17.0 Å². The van der Waals surface area contributed by atoms with Gasteiger partial charge in [0.15, 0.2) is 17.5 Å². The molecule has 0 fully saturated rings. The molecule has 0 unspecified atom stereocenters. The Morgan fingerprint density at radius 2 is 2.50 bits per heavy atom. The minimum Gasteiger partial charge on any atom is -0.619 e. The normalized spacial score (nSPS) is 8.93. The first-order valence-electron chi connectivity index (χ1n) is 3.99. The van der Waals surface area contributed by atoms with Gasteiger partial charge in [0, 0.05) is 13.0 Å². The number of carbonyl (C=O) groups excluding carboxylic acids is 1. The summed E-state index contributed by atoms with van der Waals surface area (Å²) in [6, 6.07) is 3.38. The molecule has 0 aliphatic carbocycles. The minimum atomic E-state index is 0.0475. The van der Waals surface area contributed by atoms with Crippen LogP contribution in [0.5, 0.6) is 0 Å². The quantitative estimate of drug-likeness (QED) is 0.391. The molecule has 0 saturated carbocycles. The Kier molecular flexibility index (Phi) is 4.02. The van der Waals surface area contributed by atoms with Crippen molar-refractivity contribution >= 4 is 16.9 Å². The van der Waals surface area contributed by atoms with E-state index in [1.807, 2.05) is 0 Å². The average Bonchev–Trinajstić information content (AvgIpc) is 2.12.